The van der Waals surface area contributed by atoms with Crippen LogP contribution in [-0.4, -0.2) is 10.9 Å². The van der Waals surface area contributed by atoms with Crippen molar-refractivity contribution in [1.29, 1.82) is 0 Å². The van der Waals surface area contributed by atoms with Crippen LogP contribution in [0, 0.1) is 0 Å². The second kappa shape index (κ2) is 4.02. The molecule has 0 bridgehead atoms. The lowest BCUT2D eigenvalue weighted by Gasteiger charge is -2.05. The molecule has 0 fully saturated rings. The van der Waals surface area contributed by atoms with Crippen LogP contribution in [0.25, 0.3) is 11.3 Å². The van der Waals surface area contributed by atoms with E-state index in [9.17, 15) is 4.79 Å². The Morgan fingerprint density at radius 3 is 2.56 bits per heavy atom. The van der Waals surface area contributed by atoms with Crippen LogP contribution in [0.1, 0.15) is 10.4 Å². The van der Waals surface area contributed by atoms with Crippen LogP contribution in [0.3, 0.4) is 0 Å². The first-order valence-corrected chi connectivity index (χ1v) is 4.79. The number of primary amides is 1. The lowest BCUT2D eigenvalue weighted by Crippen LogP contribution is -2.11. The first-order valence-electron chi connectivity index (χ1n) is 4.79. The molecule has 4 nitrogen and oxygen atoms in total. The number of pyridine rings is 1. The summed E-state index contributed by atoms with van der Waals surface area (Å²) in [7, 11) is 0. The minimum atomic E-state index is -0.487. The summed E-state index contributed by atoms with van der Waals surface area (Å²) in [6, 6.07) is 10.5. The van der Waals surface area contributed by atoms with E-state index in [0.29, 0.717) is 11.3 Å². The lowest BCUT2D eigenvalue weighted by atomic mass is 10.1. The molecular weight excluding hydrogens is 202 g/mol. The SMILES string of the molecule is NC(=O)c1ccc(-c2ccccn2)c(N)c1. The molecule has 0 saturated carbocycles. The number of aromatic nitrogens is 1. The van der Waals surface area contributed by atoms with Gasteiger partial charge in [-0.05, 0) is 30.3 Å². The number of amides is 1. The van der Waals surface area contributed by atoms with E-state index in [4.69, 9.17) is 11.5 Å². The van der Waals surface area contributed by atoms with Crippen LogP contribution in [-0.2, 0) is 0 Å². The Balaban J connectivity index is 2.48. The highest BCUT2D eigenvalue weighted by Crippen LogP contribution is 2.24. The molecule has 0 aliphatic heterocycles. The van der Waals surface area contributed by atoms with E-state index in [1.807, 2.05) is 18.2 Å². The number of nitrogen functional groups attached to an aromatic ring is 1. The maximum atomic E-state index is 11.0. The number of hydrogen-bond donors (Lipinski definition) is 2. The average Bonchev–Trinajstić information content (AvgIpc) is 2.30. The highest BCUT2D eigenvalue weighted by atomic mass is 16.1. The van der Waals surface area contributed by atoms with E-state index in [2.05, 4.69) is 4.98 Å². The molecule has 1 heterocycles. The largest absolute Gasteiger partial charge is 0.398 e. The third-order valence-corrected chi connectivity index (χ3v) is 2.28. The van der Waals surface area contributed by atoms with E-state index in [1.54, 1.807) is 24.4 Å². The van der Waals surface area contributed by atoms with Crippen molar-refractivity contribution in [1.82, 2.24) is 4.98 Å². The molecule has 0 aliphatic carbocycles. The predicted molar refractivity (Wildman–Crippen MR) is 62.6 cm³/mol. The van der Waals surface area contributed by atoms with Crippen molar-refractivity contribution < 1.29 is 4.79 Å². The third kappa shape index (κ3) is 1.86. The van der Waals surface area contributed by atoms with Gasteiger partial charge in [0.25, 0.3) is 0 Å². The Morgan fingerprint density at radius 1 is 1.19 bits per heavy atom. The zero-order valence-electron chi connectivity index (χ0n) is 8.55. The first kappa shape index (κ1) is 10.2. The van der Waals surface area contributed by atoms with Gasteiger partial charge in [-0.3, -0.25) is 9.78 Å². The van der Waals surface area contributed by atoms with Gasteiger partial charge in [-0.15, -0.1) is 0 Å². The molecule has 0 aliphatic rings. The van der Waals surface area contributed by atoms with Crippen LogP contribution in [0.4, 0.5) is 5.69 Å². The van der Waals surface area contributed by atoms with Gasteiger partial charge in [0.1, 0.15) is 0 Å². The lowest BCUT2D eigenvalue weighted by molar-refractivity contribution is 0.100. The normalized spacial score (nSPS) is 10.0. The summed E-state index contributed by atoms with van der Waals surface area (Å²) in [6.07, 6.45) is 1.69. The molecule has 1 aromatic carbocycles. The molecule has 80 valence electrons. The first-order chi connectivity index (χ1) is 7.68. The topological polar surface area (TPSA) is 82.0 Å². The zero-order valence-corrected chi connectivity index (χ0v) is 8.55. The quantitative estimate of drug-likeness (QED) is 0.740. The molecule has 0 radical (unpaired) electrons. The van der Waals surface area contributed by atoms with Gasteiger partial charge >= 0.3 is 0 Å². The van der Waals surface area contributed by atoms with Gasteiger partial charge in [-0.1, -0.05) is 6.07 Å². The van der Waals surface area contributed by atoms with Crippen molar-refractivity contribution >= 4 is 11.6 Å². The van der Waals surface area contributed by atoms with E-state index < -0.39 is 5.91 Å². The number of carbonyl (C=O) groups excluding carboxylic acids is 1. The molecule has 1 aromatic heterocycles. The van der Waals surface area contributed by atoms with Crippen LogP contribution in [0.2, 0.25) is 0 Å². The van der Waals surface area contributed by atoms with Crippen molar-refractivity contribution in [2.24, 2.45) is 5.73 Å². The molecule has 2 aromatic rings. The minimum Gasteiger partial charge on any atom is -0.398 e. The summed E-state index contributed by atoms with van der Waals surface area (Å²) in [5.41, 5.74) is 13.5. The van der Waals surface area contributed by atoms with Gasteiger partial charge < -0.3 is 11.5 Å². The Kier molecular flexibility index (Phi) is 2.55. The average molecular weight is 213 g/mol. The minimum absolute atomic E-state index is 0.400. The second-order valence-electron chi connectivity index (χ2n) is 3.38. The molecule has 0 spiro atoms. The molecule has 16 heavy (non-hydrogen) atoms. The Morgan fingerprint density at radius 2 is 2.00 bits per heavy atom. The number of hydrogen-bond acceptors (Lipinski definition) is 3. The van der Waals surface area contributed by atoms with Gasteiger partial charge in [-0.2, -0.15) is 0 Å². The number of anilines is 1. The number of nitrogens with zero attached hydrogens (tertiary/aromatic N) is 1. The standard InChI is InChI=1S/C12H11N3O/c13-10-7-8(12(14)16)4-5-9(10)11-3-1-2-6-15-11/h1-7H,13H2,(H2,14,16). The molecule has 4 N–H and O–H groups in total. The fourth-order valence-electron chi connectivity index (χ4n) is 1.47. The fraction of sp³-hybridized carbons (Fsp3) is 0. The van der Waals surface area contributed by atoms with E-state index >= 15 is 0 Å². The number of carbonyl (C=O) groups is 1. The second-order valence-corrected chi connectivity index (χ2v) is 3.38. The van der Waals surface area contributed by atoms with Gasteiger partial charge in [0.15, 0.2) is 0 Å². The van der Waals surface area contributed by atoms with Gasteiger partial charge in [0.2, 0.25) is 5.91 Å². The number of benzene rings is 1. The van der Waals surface area contributed by atoms with Crippen LogP contribution in [0.15, 0.2) is 42.6 Å². The Hall–Kier alpha value is -2.36. The summed E-state index contributed by atoms with van der Waals surface area (Å²) < 4.78 is 0. The van der Waals surface area contributed by atoms with Crippen molar-refractivity contribution in [3.63, 3.8) is 0 Å². The summed E-state index contributed by atoms with van der Waals surface area (Å²) in [4.78, 5) is 15.1. The summed E-state index contributed by atoms with van der Waals surface area (Å²) in [6.45, 7) is 0. The van der Waals surface area contributed by atoms with Crippen molar-refractivity contribution in [2.45, 2.75) is 0 Å². The highest BCUT2D eigenvalue weighted by molar-refractivity contribution is 5.95. The summed E-state index contributed by atoms with van der Waals surface area (Å²) >= 11 is 0. The monoisotopic (exact) mass is 213 g/mol. The van der Waals surface area contributed by atoms with E-state index in [-0.39, 0.29) is 0 Å². The third-order valence-electron chi connectivity index (χ3n) is 2.28. The summed E-state index contributed by atoms with van der Waals surface area (Å²) in [5, 5.41) is 0. The van der Waals surface area contributed by atoms with Crippen molar-refractivity contribution in [3.8, 4) is 11.3 Å². The molecule has 0 saturated heterocycles. The molecule has 4 heteroatoms. The van der Waals surface area contributed by atoms with Crippen molar-refractivity contribution in [2.75, 3.05) is 5.73 Å². The van der Waals surface area contributed by atoms with Gasteiger partial charge in [0, 0.05) is 23.0 Å². The Labute approximate surface area is 92.9 Å². The molecule has 2 rings (SSSR count). The van der Waals surface area contributed by atoms with Crippen molar-refractivity contribution in [3.05, 3.63) is 48.2 Å². The van der Waals surface area contributed by atoms with Gasteiger partial charge in [-0.25, -0.2) is 0 Å². The molecule has 1 amide bonds. The zero-order chi connectivity index (χ0) is 11.5. The number of rotatable bonds is 2. The predicted octanol–water partition coefficient (Wildman–Crippen LogP) is 1.43. The molecular formula is C12H11N3O. The molecule has 0 atom stereocenters. The Bertz CT molecular complexity index is 523. The molecule has 0 unspecified atom stereocenters. The van der Waals surface area contributed by atoms with Crippen LogP contribution < -0.4 is 11.5 Å². The van der Waals surface area contributed by atoms with Gasteiger partial charge in [0.05, 0.1) is 5.69 Å². The summed E-state index contributed by atoms with van der Waals surface area (Å²) in [5.74, 6) is -0.487. The maximum Gasteiger partial charge on any atom is 0.248 e. The maximum absolute atomic E-state index is 11.0. The van der Waals surface area contributed by atoms with Crippen LogP contribution in [0.5, 0.6) is 0 Å². The fourth-order valence-corrected chi connectivity index (χ4v) is 1.47. The van der Waals surface area contributed by atoms with E-state index in [1.165, 1.54) is 0 Å². The number of nitrogens with two attached hydrogens (primary N) is 2. The highest BCUT2D eigenvalue weighted by Gasteiger charge is 2.06. The van der Waals surface area contributed by atoms with Crippen LogP contribution >= 0.6 is 0 Å². The van der Waals surface area contributed by atoms with E-state index in [0.717, 1.165) is 11.3 Å². The smallest absolute Gasteiger partial charge is 0.248 e.